The third kappa shape index (κ3) is 4.51. The highest BCUT2D eigenvalue weighted by molar-refractivity contribution is 5.98. The van der Waals surface area contributed by atoms with Gasteiger partial charge in [0.15, 0.2) is 11.6 Å². The van der Waals surface area contributed by atoms with Crippen LogP contribution in [0.3, 0.4) is 0 Å². The molecule has 3 rings (SSSR count). The van der Waals surface area contributed by atoms with Crippen molar-refractivity contribution >= 4 is 23.2 Å². The third-order valence-electron chi connectivity index (χ3n) is 4.93. The fraction of sp³-hybridized carbons (Fsp3) is 0.400. The van der Waals surface area contributed by atoms with Gasteiger partial charge in [-0.2, -0.15) is 0 Å². The average Bonchev–Trinajstić information content (AvgIpc) is 2.65. The van der Waals surface area contributed by atoms with Crippen LogP contribution in [0.25, 0.3) is 0 Å². The highest BCUT2D eigenvalue weighted by Gasteiger charge is 2.24. The molecule has 1 saturated carbocycles. The minimum Gasteiger partial charge on any atom is -0.497 e. The number of nitrogens with two attached hydrogens (primary N) is 2. The Hall–Kier alpha value is -2.87. The van der Waals surface area contributed by atoms with Gasteiger partial charge in [-0.3, -0.25) is 4.79 Å². The van der Waals surface area contributed by atoms with Gasteiger partial charge in [0, 0.05) is 23.8 Å². The van der Waals surface area contributed by atoms with Crippen molar-refractivity contribution in [2.24, 2.45) is 11.5 Å². The topological polar surface area (TPSA) is 115 Å². The van der Waals surface area contributed by atoms with E-state index in [1.165, 1.54) is 0 Å². The molecule has 6 N–H and O–H groups in total. The van der Waals surface area contributed by atoms with Crippen LogP contribution in [-0.4, -0.2) is 30.1 Å². The number of halogens is 1. The first-order valence-corrected chi connectivity index (χ1v) is 9.32. The van der Waals surface area contributed by atoms with Crippen LogP contribution in [0.5, 0.6) is 5.75 Å². The van der Waals surface area contributed by atoms with E-state index in [0.717, 1.165) is 37.3 Å². The summed E-state index contributed by atoms with van der Waals surface area (Å²) >= 11 is 0. The summed E-state index contributed by atoms with van der Waals surface area (Å²) < 4.78 is 19.8. The monoisotopic (exact) mass is 387 g/mol. The Balaban J connectivity index is 1.94. The van der Waals surface area contributed by atoms with Gasteiger partial charge in [-0.1, -0.05) is 12.8 Å². The van der Waals surface area contributed by atoms with Gasteiger partial charge in [0.25, 0.3) is 5.91 Å². The number of pyridine rings is 1. The Kier molecular flexibility index (Phi) is 5.99. The summed E-state index contributed by atoms with van der Waals surface area (Å²) in [5.74, 6) is -0.534. The summed E-state index contributed by atoms with van der Waals surface area (Å²) in [7, 11) is 1.57. The van der Waals surface area contributed by atoms with Crippen LogP contribution in [0.15, 0.2) is 24.3 Å². The summed E-state index contributed by atoms with van der Waals surface area (Å²) in [4.78, 5) is 16.1. The second-order valence-corrected chi connectivity index (χ2v) is 7.14. The maximum Gasteiger partial charge on any atom is 0.252 e. The molecule has 28 heavy (non-hydrogen) atoms. The SMILES string of the molecule is COc1cc(C)cc(Nc2nc(N[C@@H]3CCCC[C@@H]3N)c(F)cc2C(N)=O)c1. The lowest BCUT2D eigenvalue weighted by Crippen LogP contribution is -2.43. The van der Waals surface area contributed by atoms with Crippen molar-refractivity contribution in [3.63, 3.8) is 0 Å². The smallest absolute Gasteiger partial charge is 0.252 e. The van der Waals surface area contributed by atoms with Gasteiger partial charge >= 0.3 is 0 Å². The molecular weight excluding hydrogens is 361 g/mol. The minimum absolute atomic E-state index is 0.0311. The number of hydrogen-bond acceptors (Lipinski definition) is 6. The first-order valence-electron chi connectivity index (χ1n) is 9.32. The molecule has 1 heterocycles. The number of hydrogen-bond donors (Lipinski definition) is 4. The van der Waals surface area contributed by atoms with E-state index >= 15 is 0 Å². The molecule has 0 aliphatic heterocycles. The van der Waals surface area contributed by atoms with E-state index in [1.807, 2.05) is 19.1 Å². The van der Waals surface area contributed by atoms with Crippen LogP contribution >= 0.6 is 0 Å². The van der Waals surface area contributed by atoms with Crippen molar-refractivity contribution < 1.29 is 13.9 Å². The van der Waals surface area contributed by atoms with Crippen molar-refractivity contribution in [3.05, 3.63) is 41.2 Å². The summed E-state index contributed by atoms with van der Waals surface area (Å²) in [6, 6.07) is 6.46. The van der Waals surface area contributed by atoms with Crippen molar-refractivity contribution in [3.8, 4) is 5.75 Å². The zero-order chi connectivity index (χ0) is 20.3. The highest BCUT2D eigenvalue weighted by Crippen LogP contribution is 2.28. The van der Waals surface area contributed by atoms with Crippen LogP contribution in [0.1, 0.15) is 41.6 Å². The molecule has 1 aliphatic rings. The molecule has 2 atom stereocenters. The standard InChI is InChI=1S/C20H26FN5O2/c1-11-7-12(9-13(8-11)28-2)24-19-14(18(23)27)10-15(21)20(26-19)25-17-6-4-3-5-16(17)22/h7-10,16-17H,3-6,22H2,1-2H3,(H2,23,27)(H2,24,25,26)/t16-,17+/m0/s1. The Labute approximate surface area is 163 Å². The molecule has 8 heteroatoms. The summed E-state index contributed by atoms with van der Waals surface area (Å²) in [6.07, 6.45) is 3.82. The predicted octanol–water partition coefficient (Wildman–Crippen LogP) is 3.06. The van der Waals surface area contributed by atoms with E-state index < -0.39 is 11.7 Å². The van der Waals surface area contributed by atoms with E-state index in [-0.39, 0.29) is 29.3 Å². The van der Waals surface area contributed by atoms with Gasteiger partial charge in [0.1, 0.15) is 11.6 Å². The van der Waals surface area contributed by atoms with Crippen LogP contribution in [-0.2, 0) is 0 Å². The Morgan fingerprint density at radius 3 is 2.64 bits per heavy atom. The Bertz CT molecular complexity index is 874. The molecule has 7 nitrogen and oxygen atoms in total. The van der Waals surface area contributed by atoms with Crippen LogP contribution in [0, 0.1) is 12.7 Å². The number of nitrogens with one attached hydrogen (secondary N) is 2. The number of benzene rings is 1. The fourth-order valence-electron chi connectivity index (χ4n) is 3.46. The number of rotatable bonds is 6. The van der Waals surface area contributed by atoms with Crippen molar-refractivity contribution in [1.82, 2.24) is 4.98 Å². The predicted molar refractivity (Wildman–Crippen MR) is 108 cm³/mol. The van der Waals surface area contributed by atoms with Gasteiger partial charge in [-0.05, 0) is 43.5 Å². The minimum atomic E-state index is -0.769. The molecule has 0 unspecified atom stereocenters. The number of aromatic nitrogens is 1. The van der Waals surface area contributed by atoms with Crippen LogP contribution in [0.4, 0.5) is 21.7 Å². The quantitative estimate of drug-likeness (QED) is 0.605. The molecule has 0 bridgehead atoms. The number of anilines is 3. The zero-order valence-corrected chi connectivity index (χ0v) is 16.1. The molecule has 0 radical (unpaired) electrons. The molecule has 150 valence electrons. The van der Waals surface area contributed by atoms with Crippen molar-refractivity contribution in [2.75, 3.05) is 17.7 Å². The van der Waals surface area contributed by atoms with E-state index in [1.54, 1.807) is 13.2 Å². The van der Waals surface area contributed by atoms with E-state index in [0.29, 0.717) is 11.4 Å². The van der Waals surface area contributed by atoms with E-state index in [4.69, 9.17) is 16.2 Å². The van der Waals surface area contributed by atoms with E-state index in [9.17, 15) is 9.18 Å². The molecule has 0 spiro atoms. The normalized spacial score (nSPS) is 19.1. The number of carbonyl (C=O) groups excluding carboxylic acids is 1. The molecule has 1 aromatic carbocycles. The number of aryl methyl sites for hydroxylation is 1. The number of primary amides is 1. The molecule has 1 aliphatic carbocycles. The number of methoxy groups -OCH3 is 1. The number of nitrogens with zero attached hydrogens (tertiary/aromatic N) is 1. The maximum atomic E-state index is 14.6. The molecular formula is C20H26FN5O2. The maximum absolute atomic E-state index is 14.6. The van der Waals surface area contributed by atoms with Crippen LogP contribution < -0.4 is 26.8 Å². The van der Waals surface area contributed by atoms with Gasteiger partial charge in [-0.25, -0.2) is 9.37 Å². The molecule has 1 fully saturated rings. The lowest BCUT2D eigenvalue weighted by Gasteiger charge is -2.30. The summed E-state index contributed by atoms with van der Waals surface area (Å²) in [5, 5.41) is 6.15. The van der Waals surface area contributed by atoms with Crippen molar-refractivity contribution in [2.45, 2.75) is 44.7 Å². The molecule has 1 aromatic heterocycles. The van der Waals surface area contributed by atoms with Crippen molar-refractivity contribution in [1.29, 1.82) is 0 Å². The van der Waals surface area contributed by atoms with E-state index in [2.05, 4.69) is 15.6 Å². The summed E-state index contributed by atoms with van der Waals surface area (Å²) in [5.41, 5.74) is 13.2. The second-order valence-electron chi connectivity index (χ2n) is 7.14. The Morgan fingerprint density at radius 1 is 1.21 bits per heavy atom. The molecule has 1 amide bonds. The second kappa shape index (κ2) is 8.43. The fourth-order valence-corrected chi connectivity index (χ4v) is 3.46. The lowest BCUT2D eigenvalue weighted by atomic mass is 9.91. The van der Waals surface area contributed by atoms with Gasteiger partial charge < -0.3 is 26.8 Å². The highest BCUT2D eigenvalue weighted by atomic mass is 19.1. The average molecular weight is 387 g/mol. The van der Waals surface area contributed by atoms with Gasteiger partial charge in [0.05, 0.1) is 12.7 Å². The summed E-state index contributed by atoms with van der Waals surface area (Å²) in [6.45, 7) is 1.91. The first kappa shape index (κ1) is 19.9. The van der Waals surface area contributed by atoms with Gasteiger partial charge in [-0.15, -0.1) is 0 Å². The van der Waals surface area contributed by atoms with Gasteiger partial charge in [0.2, 0.25) is 0 Å². The number of amides is 1. The third-order valence-corrected chi connectivity index (χ3v) is 4.93. The number of carbonyl (C=O) groups is 1. The molecule has 0 saturated heterocycles. The Morgan fingerprint density at radius 2 is 1.96 bits per heavy atom. The number of ether oxygens (including phenoxy) is 1. The lowest BCUT2D eigenvalue weighted by molar-refractivity contribution is 0.100. The first-order chi connectivity index (χ1) is 13.4. The zero-order valence-electron chi connectivity index (χ0n) is 16.1. The van der Waals surface area contributed by atoms with Crippen LogP contribution in [0.2, 0.25) is 0 Å². The largest absolute Gasteiger partial charge is 0.497 e. The molecule has 2 aromatic rings.